The zero-order chi connectivity index (χ0) is 20.1. The minimum absolute atomic E-state index is 0.125. The molecule has 2 fully saturated rings. The van der Waals surface area contributed by atoms with Gasteiger partial charge in [0.25, 0.3) is 5.91 Å². The van der Waals surface area contributed by atoms with E-state index >= 15 is 0 Å². The van der Waals surface area contributed by atoms with Gasteiger partial charge in [0.1, 0.15) is 11.8 Å². The van der Waals surface area contributed by atoms with Crippen molar-refractivity contribution < 1.29 is 14.1 Å². The molecule has 0 bridgehead atoms. The summed E-state index contributed by atoms with van der Waals surface area (Å²) in [6.45, 7) is 4.04. The number of guanidine groups is 1. The summed E-state index contributed by atoms with van der Waals surface area (Å²) in [4.78, 5) is 20.9. The number of hydrogen-bond donors (Lipinski definition) is 1. The Morgan fingerprint density at radius 3 is 2.66 bits per heavy atom. The van der Waals surface area contributed by atoms with Gasteiger partial charge in [0.05, 0.1) is 6.54 Å². The number of nitrogens with zero attached hydrogens (tertiary/aromatic N) is 4. The Balaban J connectivity index is 1.28. The second-order valence-electron chi connectivity index (χ2n) is 7.26. The number of carbonyl (C=O) groups is 1. The molecular formula is C21H27N5O3. The van der Waals surface area contributed by atoms with Gasteiger partial charge >= 0.3 is 0 Å². The number of ether oxygens (including phenoxy) is 1. The summed E-state index contributed by atoms with van der Waals surface area (Å²) in [6, 6.07) is 11.9. The average molecular weight is 397 g/mol. The summed E-state index contributed by atoms with van der Waals surface area (Å²) >= 11 is 0. The second-order valence-corrected chi connectivity index (χ2v) is 7.26. The first-order valence-electron chi connectivity index (χ1n) is 10.1. The van der Waals surface area contributed by atoms with E-state index in [4.69, 9.17) is 9.26 Å². The Bertz CT molecular complexity index is 837. The van der Waals surface area contributed by atoms with Crippen LogP contribution in [0.1, 0.15) is 18.6 Å². The van der Waals surface area contributed by atoms with Crippen molar-refractivity contribution in [1.29, 1.82) is 0 Å². The number of carbonyl (C=O) groups excluding carboxylic acids is 1. The molecule has 3 heterocycles. The van der Waals surface area contributed by atoms with Gasteiger partial charge in [-0.05, 0) is 12.8 Å². The van der Waals surface area contributed by atoms with Crippen molar-refractivity contribution in [3.05, 3.63) is 42.2 Å². The summed E-state index contributed by atoms with van der Waals surface area (Å²) in [5, 5.41) is 7.48. The highest BCUT2D eigenvalue weighted by Crippen LogP contribution is 2.19. The van der Waals surface area contributed by atoms with E-state index in [0.717, 1.165) is 48.9 Å². The van der Waals surface area contributed by atoms with Gasteiger partial charge in [-0.3, -0.25) is 9.79 Å². The summed E-state index contributed by atoms with van der Waals surface area (Å²) in [7, 11) is 1.77. The molecule has 8 heteroatoms. The quantitative estimate of drug-likeness (QED) is 0.625. The summed E-state index contributed by atoms with van der Waals surface area (Å²) in [5.41, 5.74) is 1.84. The molecule has 1 unspecified atom stereocenters. The molecule has 4 rings (SSSR count). The third kappa shape index (κ3) is 4.59. The van der Waals surface area contributed by atoms with E-state index in [2.05, 4.69) is 20.4 Å². The fraction of sp³-hybridized carbons (Fsp3) is 0.476. The third-order valence-corrected chi connectivity index (χ3v) is 5.36. The predicted octanol–water partition coefficient (Wildman–Crippen LogP) is 1.74. The van der Waals surface area contributed by atoms with Gasteiger partial charge in [-0.25, -0.2) is 0 Å². The number of aromatic nitrogens is 1. The lowest BCUT2D eigenvalue weighted by molar-refractivity contribution is -0.142. The van der Waals surface area contributed by atoms with Crippen molar-refractivity contribution in [2.45, 2.75) is 25.5 Å². The van der Waals surface area contributed by atoms with Crippen molar-refractivity contribution in [2.75, 3.05) is 39.8 Å². The molecule has 2 saturated heterocycles. The lowest BCUT2D eigenvalue weighted by atomic mass is 10.1. The zero-order valence-electron chi connectivity index (χ0n) is 16.7. The molecule has 8 nitrogen and oxygen atoms in total. The van der Waals surface area contributed by atoms with Crippen molar-refractivity contribution >= 4 is 11.9 Å². The molecule has 1 amide bonds. The first kappa shape index (κ1) is 19.4. The molecule has 0 aliphatic carbocycles. The summed E-state index contributed by atoms with van der Waals surface area (Å²) < 4.78 is 11.0. The Morgan fingerprint density at radius 1 is 1.21 bits per heavy atom. The van der Waals surface area contributed by atoms with Crippen LogP contribution in [-0.4, -0.2) is 72.8 Å². The van der Waals surface area contributed by atoms with Crippen molar-refractivity contribution in [2.24, 2.45) is 4.99 Å². The van der Waals surface area contributed by atoms with E-state index < -0.39 is 0 Å². The number of aliphatic imine (C=N–C) groups is 1. The van der Waals surface area contributed by atoms with E-state index in [1.807, 2.05) is 41.3 Å². The first-order chi connectivity index (χ1) is 14.2. The first-order valence-corrected chi connectivity index (χ1v) is 10.1. The van der Waals surface area contributed by atoms with Crippen LogP contribution < -0.4 is 5.32 Å². The van der Waals surface area contributed by atoms with E-state index in [-0.39, 0.29) is 12.0 Å². The molecular weight excluding hydrogens is 370 g/mol. The van der Waals surface area contributed by atoms with Crippen LogP contribution >= 0.6 is 0 Å². The Kier molecular flexibility index (Phi) is 6.09. The van der Waals surface area contributed by atoms with Crippen molar-refractivity contribution in [3.8, 4) is 11.3 Å². The van der Waals surface area contributed by atoms with Gasteiger partial charge in [0.2, 0.25) is 0 Å². The fourth-order valence-corrected chi connectivity index (χ4v) is 3.75. The molecule has 1 atom stereocenters. The molecule has 0 radical (unpaired) electrons. The minimum atomic E-state index is -0.246. The molecule has 2 aliphatic rings. The largest absolute Gasteiger partial charge is 0.368 e. The van der Waals surface area contributed by atoms with E-state index in [1.165, 1.54) is 0 Å². The van der Waals surface area contributed by atoms with Gasteiger partial charge < -0.3 is 24.4 Å². The maximum Gasteiger partial charge on any atom is 0.251 e. The van der Waals surface area contributed by atoms with Crippen LogP contribution in [-0.2, 0) is 16.1 Å². The Labute approximate surface area is 170 Å². The fourth-order valence-electron chi connectivity index (χ4n) is 3.75. The predicted molar refractivity (Wildman–Crippen MR) is 109 cm³/mol. The molecule has 1 aromatic heterocycles. The molecule has 2 aliphatic heterocycles. The van der Waals surface area contributed by atoms with Crippen LogP contribution in [0.25, 0.3) is 11.3 Å². The van der Waals surface area contributed by atoms with Gasteiger partial charge in [-0.2, -0.15) is 0 Å². The SMILES string of the molecule is CN=C(NCc1cc(-c2ccccc2)no1)N1CCN(C(=O)C2CCCO2)CC1. The number of amides is 1. The zero-order valence-corrected chi connectivity index (χ0v) is 16.7. The van der Waals surface area contributed by atoms with E-state index in [0.29, 0.717) is 26.2 Å². The normalized spacial score (nSPS) is 20.2. The number of hydrogen-bond acceptors (Lipinski definition) is 5. The highest BCUT2D eigenvalue weighted by molar-refractivity contribution is 5.82. The van der Waals surface area contributed by atoms with Crippen molar-refractivity contribution in [3.63, 3.8) is 0 Å². The summed E-state index contributed by atoms with van der Waals surface area (Å²) in [6.07, 6.45) is 1.56. The number of benzene rings is 1. The van der Waals surface area contributed by atoms with Crippen LogP contribution in [0.2, 0.25) is 0 Å². The summed E-state index contributed by atoms with van der Waals surface area (Å²) in [5.74, 6) is 1.67. The van der Waals surface area contributed by atoms with Crippen LogP contribution in [0.5, 0.6) is 0 Å². The van der Waals surface area contributed by atoms with E-state index in [9.17, 15) is 4.79 Å². The number of nitrogens with one attached hydrogen (secondary N) is 1. The monoisotopic (exact) mass is 397 g/mol. The third-order valence-electron chi connectivity index (χ3n) is 5.36. The Hall–Kier alpha value is -2.87. The van der Waals surface area contributed by atoms with Gasteiger partial charge in [0.15, 0.2) is 11.7 Å². The topological polar surface area (TPSA) is 83.2 Å². The van der Waals surface area contributed by atoms with Crippen molar-refractivity contribution in [1.82, 2.24) is 20.3 Å². The molecule has 0 spiro atoms. The second kappa shape index (κ2) is 9.09. The van der Waals surface area contributed by atoms with Gasteiger partial charge in [-0.1, -0.05) is 35.5 Å². The molecule has 2 aromatic rings. The molecule has 29 heavy (non-hydrogen) atoms. The van der Waals surface area contributed by atoms with E-state index in [1.54, 1.807) is 7.05 Å². The van der Waals surface area contributed by atoms with Crippen LogP contribution in [0.3, 0.4) is 0 Å². The standard InChI is InChI=1S/C21H27N5O3/c1-22-21(23-15-17-14-18(24-29-17)16-6-3-2-4-7-16)26-11-9-25(10-12-26)20(27)19-8-5-13-28-19/h2-4,6-7,14,19H,5,8-13,15H2,1H3,(H,22,23). The highest BCUT2D eigenvalue weighted by atomic mass is 16.5. The highest BCUT2D eigenvalue weighted by Gasteiger charge is 2.30. The smallest absolute Gasteiger partial charge is 0.251 e. The molecule has 154 valence electrons. The molecule has 1 aromatic carbocycles. The number of rotatable bonds is 4. The maximum atomic E-state index is 12.5. The van der Waals surface area contributed by atoms with Gasteiger partial charge in [-0.15, -0.1) is 0 Å². The lowest BCUT2D eigenvalue weighted by Gasteiger charge is -2.37. The van der Waals surface area contributed by atoms with Crippen LogP contribution in [0.15, 0.2) is 45.9 Å². The van der Waals surface area contributed by atoms with Gasteiger partial charge in [0, 0.05) is 51.5 Å². The maximum absolute atomic E-state index is 12.5. The molecule has 1 N–H and O–H groups in total. The Morgan fingerprint density at radius 2 is 1.97 bits per heavy atom. The van der Waals surface area contributed by atoms with Crippen LogP contribution in [0.4, 0.5) is 0 Å². The molecule has 0 saturated carbocycles. The van der Waals surface area contributed by atoms with Crippen LogP contribution in [0, 0.1) is 0 Å². The average Bonchev–Trinajstić information content (AvgIpc) is 3.47. The lowest BCUT2D eigenvalue weighted by Crippen LogP contribution is -2.55. The number of piperazine rings is 1. The minimum Gasteiger partial charge on any atom is -0.368 e.